The van der Waals surface area contributed by atoms with Gasteiger partial charge in [-0.05, 0) is 22.6 Å². The van der Waals surface area contributed by atoms with Gasteiger partial charge in [-0.3, -0.25) is 4.79 Å². The smallest absolute Gasteiger partial charge is 0.164 e. The Morgan fingerprint density at radius 3 is 1.95 bits per heavy atom. The molecule has 19 heavy (non-hydrogen) atoms. The standard InChI is InChI=1S/C18H16O/c1-13-12-16(19)18(15-10-6-3-7-11-15)17(13)14-8-4-2-5-9-14/h2-11,13H,12H2,1H3. The van der Waals surface area contributed by atoms with Crippen molar-refractivity contribution in [2.75, 3.05) is 0 Å². The fourth-order valence-electron chi connectivity index (χ4n) is 2.85. The first-order valence-electron chi connectivity index (χ1n) is 6.65. The van der Waals surface area contributed by atoms with Gasteiger partial charge in [0, 0.05) is 12.0 Å². The predicted molar refractivity (Wildman–Crippen MR) is 78.5 cm³/mol. The molecule has 0 radical (unpaired) electrons. The fraction of sp³-hybridized carbons (Fsp3) is 0.167. The molecule has 0 amide bonds. The lowest BCUT2D eigenvalue weighted by Gasteiger charge is -2.11. The van der Waals surface area contributed by atoms with Crippen LogP contribution in [0, 0.1) is 5.92 Å². The molecule has 94 valence electrons. The fourth-order valence-corrected chi connectivity index (χ4v) is 2.85. The number of Topliss-reactive ketones (excluding diaryl/α,β-unsaturated/α-hetero) is 1. The van der Waals surface area contributed by atoms with Gasteiger partial charge in [0.05, 0.1) is 0 Å². The van der Waals surface area contributed by atoms with Gasteiger partial charge in [0.2, 0.25) is 0 Å². The molecule has 1 aliphatic rings. The second kappa shape index (κ2) is 4.85. The average Bonchev–Trinajstić information content (AvgIpc) is 2.75. The van der Waals surface area contributed by atoms with Crippen molar-refractivity contribution in [3.05, 3.63) is 71.8 Å². The molecule has 1 heteroatoms. The Hall–Kier alpha value is -2.15. The van der Waals surface area contributed by atoms with Crippen LogP contribution >= 0.6 is 0 Å². The van der Waals surface area contributed by atoms with Gasteiger partial charge in [0.25, 0.3) is 0 Å². The summed E-state index contributed by atoms with van der Waals surface area (Å²) in [4.78, 5) is 12.3. The number of ketones is 1. The molecule has 2 aromatic rings. The summed E-state index contributed by atoms with van der Waals surface area (Å²) in [6.45, 7) is 2.14. The molecular weight excluding hydrogens is 232 g/mol. The molecule has 0 heterocycles. The molecule has 1 nitrogen and oxygen atoms in total. The first-order valence-corrected chi connectivity index (χ1v) is 6.65. The van der Waals surface area contributed by atoms with Gasteiger partial charge >= 0.3 is 0 Å². The van der Waals surface area contributed by atoms with Crippen molar-refractivity contribution < 1.29 is 4.79 Å². The molecule has 0 spiro atoms. The maximum Gasteiger partial charge on any atom is 0.164 e. The van der Waals surface area contributed by atoms with Crippen molar-refractivity contribution in [2.24, 2.45) is 5.92 Å². The minimum absolute atomic E-state index is 0.262. The van der Waals surface area contributed by atoms with Gasteiger partial charge in [-0.1, -0.05) is 67.6 Å². The quantitative estimate of drug-likeness (QED) is 0.778. The van der Waals surface area contributed by atoms with Gasteiger partial charge in [0.15, 0.2) is 5.78 Å². The van der Waals surface area contributed by atoms with Crippen LogP contribution in [0.2, 0.25) is 0 Å². The summed E-state index contributed by atoms with van der Waals surface area (Å²) in [7, 11) is 0. The van der Waals surface area contributed by atoms with Crippen molar-refractivity contribution in [2.45, 2.75) is 13.3 Å². The Kier molecular flexibility index (Phi) is 3.04. The third kappa shape index (κ3) is 2.12. The van der Waals surface area contributed by atoms with E-state index in [9.17, 15) is 4.79 Å². The highest BCUT2D eigenvalue weighted by molar-refractivity contribution is 6.31. The van der Waals surface area contributed by atoms with Crippen LogP contribution in [-0.2, 0) is 4.79 Å². The Morgan fingerprint density at radius 1 is 0.842 bits per heavy atom. The summed E-state index contributed by atoms with van der Waals surface area (Å²) in [5, 5.41) is 0. The van der Waals surface area contributed by atoms with Crippen molar-refractivity contribution in [1.29, 1.82) is 0 Å². The first kappa shape index (κ1) is 11.9. The molecular formula is C18H16O. The van der Waals surface area contributed by atoms with E-state index in [-0.39, 0.29) is 5.78 Å². The van der Waals surface area contributed by atoms with Crippen molar-refractivity contribution in [1.82, 2.24) is 0 Å². The number of carbonyl (C=O) groups excluding carboxylic acids is 1. The topological polar surface area (TPSA) is 17.1 Å². The molecule has 1 aliphatic carbocycles. The van der Waals surface area contributed by atoms with E-state index in [1.807, 2.05) is 48.5 Å². The molecule has 1 unspecified atom stereocenters. The van der Waals surface area contributed by atoms with E-state index in [0.717, 1.165) is 11.1 Å². The highest BCUT2D eigenvalue weighted by atomic mass is 16.1. The summed E-state index contributed by atoms with van der Waals surface area (Å²) in [5.41, 5.74) is 4.30. The number of hydrogen-bond acceptors (Lipinski definition) is 1. The molecule has 2 aromatic carbocycles. The third-order valence-corrected chi connectivity index (χ3v) is 3.68. The van der Waals surface area contributed by atoms with E-state index >= 15 is 0 Å². The van der Waals surface area contributed by atoms with E-state index in [4.69, 9.17) is 0 Å². The van der Waals surface area contributed by atoms with Gasteiger partial charge in [-0.15, -0.1) is 0 Å². The Morgan fingerprint density at radius 2 is 1.37 bits per heavy atom. The molecule has 0 saturated carbocycles. The van der Waals surface area contributed by atoms with Crippen molar-refractivity contribution in [3.8, 4) is 0 Å². The lowest BCUT2D eigenvalue weighted by atomic mass is 9.93. The summed E-state index contributed by atoms with van der Waals surface area (Å²) in [6.07, 6.45) is 0.619. The van der Waals surface area contributed by atoms with Crippen LogP contribution in [0.25, 0.3) is 11.1 Å². The normalized spacial score (nSPS) is 19.0. The zero-order valence-electron chi connectivity index (χ0n) is 11.0. The Labute approximate surface area is 113 Å². The van der Waals surface area contributed by atoms with Crippen molar-refractivity contribution >= 4 is 16.9 Å². The molecule has 0 aliphatic heterocycles. The second-order valence-electron chi connectivity index (χ2n) is 5.05. The third-order valence-electron chi connectivity index (χ3n) is 3.68. The molecule has 3 rings (SSSR count). The van der Waals surface area contributed by atoms with Crippen LogP contribution in [0.4, 0.5) is 0 Å². The molecule has 0 fully saturated rings. The summed E-state index contributed by atoms with van der Waals surface area (Å²) >= 11 is 0. The van der Waals surface area contributed by atoms with Crippen molar-refractivity contribution in [3.63, 3.8) is 0 Å². The minimum Gasteiger partial charge on any atom is -0.294 e. The van der Waals surface area contributed by atoms with Crippen LogP contribution in [0.1, 0.15) is 24.5 Å². The molecule has 0 saturated heterocycles. The summed E-state index contributed by atoms with van der Waals surface area (Å²) in [5.74, 6) is 0.558. The number of rotatable bonds is 2. The van der Waals surface area contributed by atoms with Crippen LogP contribution in [0.3, 0.4) is 0 Å². The van der Waals surface area contributed by atoms with E-state index in [1.54, 1.807) is 0 Å². The highest BCUT2D eigenvalue weighted by Gasteiger charge is 2.30. The highest BCUT2D eigenvalue weighted by Crippen LogP contribution is 2.41. The molecule has 0 N–H and O–H groups in total. The lowest BCUT2D eigenvalue weighted by Crippen LogP contribution is -1.95. The van der Waals surface area contributed by atoms with Gasteiger partial charge in [-0.2, -0.15) is 0 Å². The predicted octanol–water partition coefficient (Wildman–Crippen LogP) is 4.21. The number of carbonyl (C=O) groups is 1. The maximum atomic E-state index is 12.3. The van der Waals surface area contributed by atoms with E-state index in [0.29, 0.717) is 12.3 Å². The van der Waals surface area contributed by atoms with Gasteiger partial charge in [-0.25, -0.2) is 0 Å². The summed E-state index contributed by atoms with van der Waals surface area (Å²) < 4.78 is 0. The largest absolute Gasteiger partial charge is 0.294 e. The zero-order valence-corrected chi connectivity index (χ0v) is 11.0. The van der Waals surface area contributed by atoms with E-state index in [2.05, 4.69) is 19.1 Å². The monoisotopic (exact) mass is 248 g/mol. The van der Waals surface area contributed by atoms with Gasteiger partial charge in [0.1, 0.15) is 0 Å². The number of hydrogen-bond donors (Lipinski definition) is 0. The van der Waals surface area contributed by atoms with Crippen LogP contribution < -0.4 is 0 Å². The second-order valence-corrected chi connectivity index (χ2v) is 5.05. The molecule has 1 atom stereocenters. The van der Waals surface area contributed by atoms with E-state index < -0.39 is 0 Å². The lowest BCUT2D eigenvalue weighted by molar-refractivity contribution is -0.113. The molecule has 0 bridgehead atoms. The maximum absolute atomic E-state index is 12.3. The molecule has 0 aromatic heterocycles. The minimum atomic E-state index is 0.262. The van der Waals surface area contributed by atoms with Gasteiger partial charge < -0.3 is 0 Å². The average molecular weight is 248 g/mol. The van der Waals surface area contributed by atoms with Crippen LogP contribution in [0.5, 0.6) is 0 Å². The van der Waals surface area contributed by atoms with Crippen LogP contribution in [0.15, 0.2) is 60.7 Å². The van der Waals surface area contributed by atoms with E-state index in [1.165, 1.54) is 11.1 Å². The number of allylic oxidation sites excluding steroid dienone is 2. The van der Waals surface area contributed by atoms with Crippen LogP contribution in [-0.4, -0.2) is 5.78 Å². The first-order chi connectivity index (χ1) is 9.27. The zero-order chi connectivity index (χ0) is 13.2. The number of benzene rings is 2. The Bertz CT molecular complexity index is 623. The Balaban J connectivity index is 2.21. The summed E-state index contributed by atoms with van der Waals surface area (Å²) in [6, 6.07) is 20.2. The SMILES string of the molecule is CC1CC(=O)C(c2ccccc2)=C1c1ccccc1.